The molecule has 0 unspecified atom stereocenters. The SMILES string of the molecule is CC[C@@H](C)[C@@H](NS(=O)(=O)c1ccc(C)cc1)C(=O)Oc1cc2oc(=O)c(C)c(C)c2cc1Cl. The van der Waals surface area contributed by atoms with Gasteiger partial charge < -0.3 is 9.15 Å². The molecule has 0 fully saturated rings. The third-order valence-corrected chi connectivity index (χ3v) is 7.55. The lowest BCUT2D eigenvalue weighted by molar-refractivity contribution is -0.137. The minimum Gasteiger partial charge on any atom is -0.424 e. The van der Waals surface area contributed by atoms with Gasteiger partial charge in [-0.1, -0.05) is 49.6 Å². The van der Waals surface area contributed by atoms with Crippen LogP contribution in [0.3, 0.4) is 0 Å². The first-order valence-electron chi connectivity index (χ1n) is 10.5. The van der Waals surface area contributed by atoms with Crippen molar-refractivity contribution in [3.05, 3.63) is 68.5 Å². The van der Waals surface area contributed by atoms with Crippen molar-refractivity contribution in [2.24, 2.45) is 5.92 Å². The topological polar surface area (TPSA) is 103 Å². The number of carbonyl (C=O) groups is 1. The molecule has 1 N–H and O–H groups in total. The van der Waals surface area contributed by atoms with E-state index in [0.29, 0.717) is 22.9 Å². The monoisotopic (exact) mass is 491 g/mol. The van der Waals surface area contributed by atoms with Crippen molar-refractivity contribution in [1.82, 2.24) is 4.72 Å². The van der Waals surface area contributed by atoms with Crippen LogP contribution in [0.15, 0.2) is 50.5 Å². The fraction of sp³-hybridized carbons (Fsp3) is 0.333. The Kier molecular flexibility index (Phi) is 7.31. The normalized spacial score (nSPS) is 13.6. The first-order chi connectivity index (χ1) is 15.4. The number of benzene rings is 2. The summed E-state index contributed by atoms with van der Waals surface area (Å²) in [6.07, 6.45) is 0.523. The molecule has 9 heteroatoms. The van der Waals surface area contributed by atoms with E-state index < -0.39 is 27.7 Å². The third-order valence-electron chi connectivity index (χ3n) is 5.80. The molecule has 33 heavy (non-hydrogen) atoms. The molecule has 0 saturated heterocycles. The first kappa shape index (κ1) is 25.0. The Balaban J connectivity index is 1.94. The lowest BCUT2D eigenvalue weighted by Crippen LogP contribution is -2.46. The number of rotatable bonds is 7. The van der Waals surface area contributed by atoms with Crippen LogP contribution in [0.4, 0.5) is 0 Å². The molecule has 0 amide bonds. The summed E-state index contributed by atoms with van der Waals surface area (Å²) in [7, 11) is -3.97. The Labute approximate surface area is 197 Å². The van der Waals surface area contributed by atoms with Gasteiger partial charge in [-0.05, 0) is 50.5 Å². The van der Waals surface area contributed by atoms with Gasteiger partial charge in [0.2, 0.25) is 10.0 Å². The van der Waals surface area contributed by atoms with E-state index in [1.54, 1.807) is 39.0 Å². The van der Waals surface area contributed by atoms with Gasteiger partial charge in [0, 0.05) is 17.0 Å². The number of carbonyl (C=O) groups excluding carboxylic acids is 1. The molecule has 0 bridgehead atoms. The number of hydrogen-bond donors (Lipinski definition) is 1. The zero-order valence-electron chi connectivity index (χ0n) is 19.1. The lowest BCUT2D eigenvalue weighted by Gasteiger charge is -2.23. The van der Waals surface area contributed by atoms with E-state index in [4.69, 9.17) is 20.8 Å². The first-order valence-corrected chi connectivity index (χ1v) is 12.3. The molecule has 0 saturated carbocycles. The van der Waals surface area contributed by atoms with Crippen LogP contribution in [-0.2, 0) is 14.8 Å². The number of aryl methyl sites for hydroxylation is 2. The highest BCUT2D eigenvalue weighted by atomic mass is 35.5. The summed E-state index contributed by atoms with van der Waals surface area (Å²) in [5.74, 6) is -1.20. The summed E-state index contributed by atoms with van der Waals surface area (Å²) in [4.78, 5) is 25.1. The van der Waals surface area contributed by atoms with Gasteiger partial charge in [0.1, 0.15) is 11.6 Å². The van der Waals surface area contributed by atoms with Gasteiger partial charge in [-0.15, -0.1) is 0 Å². The van der Waals surface area contributed by atoms with Crippen LogP contribution in [0.2, 0.25) is 5.02 Å². The van der Waals surface area contributed by atoms with Crippen LogP contribution >= 0.6 is 11.6 Å². The summed E-state index contributed by atoms with van der Waals surface area (Å²) < 4.78 is 39.0. The van der Waals surface area contributed by atoms with Crippen molar-refractivity contribution < 1.29 is 22.4 Å². The van der Waals surface area contributed by atoms with Gasteiger partial charge in [0.15, 0.2) is 5.75 Å². The number of esters is 1. The Morgan fingerprint density at radius 2 is 1.76 bits per heavy atom. The van der Waals surface area contributed by atoms with Crippen LogP contribution in [0.5, 0.6) is 5.75 Å². The molecule has 3 aromatic rings. The van der Waals surface area contributed by atoms with Gasteiger partial charge in [0.25, 0.3) is 0 Å². The average Bonchev–Trinajstić information content (AvgIpc) is 2.77. The second-order valence-corrected chi connectivity index (χ2v) is 10.3. The second-order valence-electron chi connectivity index (χ2n) is 8.14. The number of hydrogen-bond acceptors (Lipinski definition) is 6. The van der Waals surface area contributed by atoms with Crippen molar-refractivity contribution in [2.75, 3.05) is 0 Å². The minimum atomic E-state index is -3.97. The van der Waals surface area contributed by atoms with Crippen molar-refractivity contribution in [3.63, 3.8) is 0 Å². The number of halogens is 1. The summed E-state index contributed by atoms with van der Waals surface area (Å²) in [6.45, 7) is 8.86. The lowest BCUT2D eigenvalue weighted by atomic mass is 10.0. The van der Waals surface area contributed by atoms with Crippen LogP contribution in [0.1, 0.15) is 37.0 Å². The molecule has 1 heterocycles. The zero-order valence-corrected chi connectivity index (χ0v) is 20.6. The molecule has 2 aromatic carbocycles. The molecular weight excluding hydrogens is 466 g/mol. The molecular formula is C24H26ClNO6S. The van der Waals surface area contributed by atoms with E-state index in [1.165, 1.54) is 18.2 Å². The molecule has 0 spiro atoms. The molecule has 176 valence electrons. The van der Waals surface area contributed by atoms with E-state index in [9.17, 15) is 18.0 Å². The summed E-state index contributed by atoms with van der Waals surface area (Å²) in [6, 6.07) is 8.08. The molecule has 0 aliphatic rings. The predicted molar refractivity (Wildman–Crippen MR) is 127 cm³/mol. The summed E-state index contributed by atoms with van der Waals surface area (Å²) in [5, 5.41) is 0.756. The quantitative estimate of drug-likeness (QED) is 0.292. The largest absolute Gasteiger partial charge is 0.424 e. The van der Waals surface area contributed by atoms with Gasteiger partial charge in [-0.2, -0.15) is 4.72 Å². The van der Waals surface area contributed by atoms with E-state index in [1.807, 2.05) is 13.8 Å². The summed E-state index contributed by atoms with van der Waals surface area (Å²) >= 11 is 6.34. The smallest absolute Gasteiger partial charge is 0.339 e. The maximum atomic E-state index is 13.1. The Morgan fingerprint density at radius 3 is 2.36 bits per heavy atom. The van der Waals surface area contributed by atoms with Gasteiger partial charge >= 0.3 is 11.6 Å². The third kappa shape index (κ3) is 5.29. The van der Waals surface area contributed by atoms with Crippen LogP contribution in [0, 0.1) is 26.7 Å². The zero-order chi connectivity index (χ0) is 24.5. The molecule has 3 rings (SSSR count). The van der Waals surface area contributed by atoms with Crippen molar-refractivity contribution in [3.8, 4) is 5.75 Å². The Hall–Kier alpha value is -2.68. The highest BCUT2D eigenvalue weighted by Crippen LogP contribution is 2.32. The maximum Gasteiger partial charge on any atom is 0.339 e. The standard InChI is InChI=1S/C24H26ClNO6S/c1-6-14(3)22(26-33(29,30)17-9-7-13(2)8-10-17)24(28)32-21-12-20-18(11-19(21)25)15(4)16(5)23(27)31-20/h7-12,14,22,26H,6H2,1-5H3/t14-,22-/m1/s1. The van der Waals surface area contributed by atoms with Crippen molar-refractivity contribution >= 4 is 38.6 Å². The summed E-state index contributed by atoms with van der Waals surface area (Å²) in [5.41, 5.74) is 1.81. The molecule has 2 atom stereocenters. The fourth-order valence-corrected chi connectivity index (χ4v) is 4.77. The van der Waals surface area contributed by atoms with Gasteiger partial charge in [-0.25, -0.2) is 18.0 Å². The minimum absolute atomic E-state index is 0.0246. The predicted octanol–water partition coefficient (Wildman–Crippen LogP) is 4.67. The van der Waals surface area contributed by atoms with Gasteiger partial charge in [-0.3, -0.25) is 0 Å². The molecule has 0 aliphatic carbocycles. The number of nitrogens with one attached hydrogen (secondary N) is 1. The number of ether oxygens (including phenoxy) is 1. The highest BCUT2D eigenvalue weighted by Gasteiger charge is 2.32. The average molecular weight is 492 g/mol. The maximum absolute atomic E-state index is 13.1. The second kappa shape index (κ2) is 9.67. The van der Waals surface area contributed by atoms with Crippen LogP contribution in [-0.4, -0.2) is 20.4 Å². The number of sulfonamides is 1. The Morgan fingerprint density at radius 1 is 1.12 bits per heavy atom. The Bertz CT molecular complexity index is 1360. The van der Waals surface area contributed by atoms with Crippen molar-refractivity contribution in [2.45, 2.75) is 52.0 Å². The molecule has 0 aliphatic heterocycles. The van der Waals surface area contributed by atoms with E-state index in [0.717, 1.165) is 5.56 Å². The highest BCUT2D eigenvalue weighted by molar-refractivity contribution is 7.89. The van der Waals surface area contributed by atoms with E-state index in [-0.39, 0.29) is 27.2 Å². The van der Waals surface area contributed by atoms with Crippen LogP contribution < -0.4 is 15.1 Å². The molecule has 0 radical (unpaired) electrons. The molecule has 7 nitrogen and oxygen atoms in total. The van der Waals surface area contributed by atoms with E-state index in [2.05, 4.69) is 4.72 Å². The van der Waals surface area contributed by atoms with Crippen LogP contribution in [0.25, 0.3) is 11.0 Å². The van der Waals surface area contributed by atoms with Crippen molar-refractivity contribution in [1.29, 1.82) is 0 Å². The number of fused-ring (bicyclic) bond motifs is 1. The fourth-order valence-electron chi connectivity index (χ4n) is 3.28. The van der Waals surface area contributed by atoms with E-state index >= 15 is 0 Å². The van der Waals surface area contributed by atoms with Gasteiger partial charge in [0.05, 0.1) is 9.92 Å². The molecule has 1 aromatic heterocycles.